The van der Waals surface area contributed by atoms with E-state index in [1.165, 1.54) is 0 Å². The van der Waals surface area contributed by atoms with Crippen molar-refractivity contribution in [1.82, 2.24) is 9.80 Å². The minimum absolute atomic E-state index is 0.333. The van der Waals surface area contributed by atoms with Gasteiger partial charge in [-0.15, -0.1) is 0 Å². The first kappa shape index (κ1) is 15.1. The molecule has 0 N–H and O–H groups in total. The van der Waals surface area contributed by atoms with E-state index in [1.54, 1.807) is 4.90 Å². The van der Waals surface area contributed by atoms with Crippen molar-refractivity contribution in [3.8, 4) is 0 Å². The van der Waals surface area contributed by atoms with Gasteiger partial charge in [0.25, 0.3) is 0 Å². The van der Waals surface area contributed by atoms with Crippen LogP contribution in [0.15, 0.2) is 0 Å². The molecular formula is C14H25F3N2. The second-order valence-electron chi connectivity index (χ2n) is 7.40. The van der Waals surface area contributed by atoms with Crippen molar-refractivity contribution in [1.29, 1.82) is 0 Å². The summed E-state index contributed by atoms with van der Waals surface area (Å²) in [6.45, 7) is 10.2. The molecule has 2 fully saturated rings. The van der Waals surface area contributed by atoms with Crippen molar-refractivity contribution in [3.63, 3.8) is 0 Å². The Morgan fingerprint density at radius 1 is 0.895 bits per heavy atom. The molecule has 0 aliphatic carbocycles. The minimum atomic E-state index is -4.05. The van der Waals surface area contributed by atoms with Crippen LogP contribution in [0, 0.1) is 17.3 Å². The van der Waals surface area contributed by atoms with E-state index in [0.717, 1.165) is 26.1 Å². The zero-order valence-corrected chi connectivity index (χ0v) is 12.1. The van der Waals surface area contributed by atoms with Crippen molar-refractivity contribution >= 4 is 0 Å². The molecule has 2 aliphatic heterocycles. The average Bonchev–Trinajstić information content (AvgIpc) is 2.67. The van der Waals surface area contributed by atoms with Gasteiger partial charge in [0.2, 0.25) is 0 Å². The number of fused-ring (bicyclic) bond motifs is 1. The van der Waals surface area contributed by atoms with Crippen LogP contribution >= 0.6 is 0 Å². The van der Waals surface area contributed by atoms with Gasteiger partial charge in [-0.05, 0) is 30.2 Å². The standard InChI is InChI=1S/C14H25F3N2/c1-13(2,3)4-5-18-6-11-8-19(9-12(11)7-18)10-14(15,16)17/h11-12H,4-10H2,1-3H3. The quantitative estimate of drug-likeness (QED) is 0.783. The summed E-state index contributed by atoms with van der Waals surface area (Å²) in [6.07, 6.45) is -2.90. The van der Waals surface area contributed by atoms with E-state index in [4.69, 9.17) is 0 Å². The smallest absolute Gasteiger partial charge is 0.303 e. The van der Waals surface area contributed by atoms with Gasteiger partial charge in [-0.3, -0.25) is 4.90 Å². The van der Waals surface area contributed by atoms with Gasteiger partial charge in [-0.1, -0.05) is 20.8 Å². The fourth-order valence-electron chi connectivity index (χ4n) is 3.25. The Balaban J connectivity index is 1.75. The van der Waals surface area contributed by atoms with Crippen molar-refractivity contribution < 1.29 is 13.2 Å². The molecular weight excluding hydrogens is 253 g/mol. The molecule has 0 bridgehead atoms. The van der Waals surface area contributed by atoms with E-state index < -0.39 is 12.7 Å². The van der Waals surface area contributed by atoms with E-state index in [1.807, 2.05) is 0 Å². The number of alkyl halides is 3. The summed E-state index contributed by atoms with van der Waals surface area (Å²) < 4.78 is 37.1. The van der Waals surface area contributed by atoms with Gasteiger partial charge in [0.05, 0.1) is 6.54 Å². The summed E-state index contributed by atoms with van der Waals surface area (Å²) in [5, 5.41) is 0. The molecule has 0 aromatic carbocycles. The topological polar surface area (TPSA) is 6.48 Å². The Bertz CT molecular complexity index is 295. The molecule has 2 heterocycles. The van der Waals surface area contributed by atoms with E-state index in [9.17, 15) is 13.2 Å². The fourth-order valence-corrected chi connectivity index (χ4v) is 3.25. The largest absolute Gasteiger partial charge is 0.401 e. The van der Waals surface area contributed by atoms with Crippen LogP contribution in [-0.4, -0.2) is 55.2 Å². The van der Waals surface area contributed by atoms with Crippen molar-refractivity contribution in [3.05, 3.63) is 0 Å². The highest BCUT2D eigenvalue weighted by atomic mass is 19.4. The lowest BCUT2D eigenvalue weighted by molar-refractivity contribution is -0.144. The number of rotatable bonds is 3. The van der Waals surface area contributed by atoms with Crippen LogP contribution in [0.5, 0.6) is 0 Å². The Morgan fingerprint density at radius 3 is 1.79 bits per heavy atom. The van der Waals surface area contributed by atoms with Gasteiger partial charge in [-0.2, -0.15) is 13.2 Å². The van der Waals surface area contributed by atoms with Crippen LogP contribution in [0.2, 0.25) is 0 Å². The lowest BCUT2D eigenvalue weighted by Gasteiger charge is -2.25. The lowest BCUT2D eigenvalue weighted by Crippen LogP contribution is -2.36. The summed E-state index contributed by atoms with van der Waals surface area (Å²) in [5.74, 6) is 0.893. The number of halogens is 3. The summed E-state index contributed by atoms with van der Waals surface area (Å²) in [5.41, 5.74) is 0.333. The monoisotopic (exact) mass is 278 g/mol. The maximum atomic E-state index is 12.4. The van der Waals surface area contributed by atoms with Crippen LogP contribution in [0.4, 0.5) is 13.2 Å². The highest BCUT2D eigenvalue weighted by Crippen LogP contribution is 2.33. The maximum absolute atomic E-state index is 12.4. The number of hydrogen-bond acceptors (Lipinski definition) is 2. The Labute approximate surface area is 113 Å². The Hall–Kier alpha value is -0.290. The summed E-state index contributed by atoms with van der Waals surface area (Å²) in [6, 6.07) is 0. The summed E-state index contributed by atoms with van der Waals surface area (Å²) in [7, 11) is 0. The van der Waals surface area contributed by atoms with Gasteiger partial charge in [-0.25, -0.2) is 0 Å². The van der Waals surface area contributed by atoms with Gasteiger partial charge >= 0.3 is 6.18 Å². The van der Waals surface area contributed by atoms with E-state index in [2.05, 4.69) is 25.7 Å². The lowest BCUT2D eigenvalue weighted by atomic mass is 9.92. The van der Waals surface area contributed by atoms with Crippen LogP contribution in [0.25, 0.3) is 0 Å². The summed E-state index contributed by atoms with van der Waals surface area (Å²) in [4.78, 5) is 4.02. The molecule has 0 aromatic rings. The molecule has 2 nitrogen and oxygen atoms in total. The molecule has 0 spiro atoms. The SMILES string of the molecule is CC(C)(C)CCN1CC2CN(CC(F)(F)F)CC2C1. The first-order valence-corrected chi connectivity index (χ1v) is 7.14. The van der Waals surface area contributed by atoms with E-state index >= 15 is 0 Å². The Kier molecular flexibility index (Phi) is 4.17. The first-order chi connectivity index (χ1) is 8.62. The normalized spacial score (nSPS) is 30.0. The third-order valence-electron chi connectivity index (χ3n) is 4.22. The predicted molar refractivity (Wildman–Crippen MR) is 70.0 cm³/mol. The van der Waals surface area contributed by atoms with Gasteiger partial charge in [0.15, 0.2) is 0 Å². The molecule has 0 amide bonds. The van der Waals surface area contributed by atoms with Crippen molar-refractivity contribution in [2.24, 2.45) is 17.3 Å². The zero-order valence-electron chi connectivity index (χ0n) is 12.1. The minimum Gasteiger partial charge on any atom is -0.303 e. The van der Waals surface area contributed by atoms with Crippen molar-refractivity contribution in [2.45, 2.75) is 33.4 Å². The molecule has 112 valence electrons. The van der Waals surface area contributed by atoms with Gasteiger partial charge in [0, 0.05) is 26.2 Å². The summed E-state index contributed by atoms with van der Waals surface area (Å²) >= 11 is 0. The third kappa shape index (κ3) is 4.63. The average molecular weight is 278 g/mol. The molecule has 0 saturated carbocycles. The highest BCUT2D eigenvalue weighted by molar-refractivity contribution is 4.93. The van der Waals surface area contributed by atoms with Gasteiger partial charge in [0.1, 0.15) is 0 Å². The second-order valence-corrected chi connectivity index (χ2v) is 7.40. The van der Waals surface area contributed by atoms with Crippen LogP contribution in [0.1, 0.15) is 27.2 Å². The van der Waals surface area contributed by atoms with Crippen LogP contribution in [-0.2, 0) is 0 Å². The number of likely N-dealkylation sites (tertiary alicyclic amines) is 2. The fraction of sp³-hybridized carbons (Fsp3) is 1.00. The Morgan fingerprint density at radius 2 is 1.37 bits per heavy atom. The zero-order chi connectivity index (χ0) is 14.3. The van der Waals surface area contributed by atoms with Gasteiger partial charge < -0.3 is 4.90 Å². The molecule has 5 heteroatoms. The molecule has 0 aromatic heterocycles. The predicted octanol–water partition coefficient (Wildman–Crippen LogP) is 2.85. The molecule has 2 atom stereocenters. The molecule has 2 aliphatic rings. The first-order valence-electron chi connectivity index (χ1n) is 7.14. The molecule has 2 unspecified atom stereocenters. The molecule has 0 radical (unpaired) electrons. The van der Waals surface area contributed by atoms with E-state index in [-0.39, 0.29) is 0 Å². The molecule has 2 saturated heterocycles. The van der Waals surface area contributed by atoms with Crippen molar-refractivity contribution in [2.75, 3.05) is 39.3 Å². The third-order valence-corrected chi connectivity index (χ3v) is 4.22. The number of nitrogens with zero attached hydrogens (tertiary/aromatic N) is 2. The van der Waals surface area contributed by atoms with Crippen LogP contribution in [0.3, 0.4) is 0 Å². The van der Waals surface area contributed by atoms with E-state index in [0.29, 0.717) is 30.3 Å². The van der Waals surface area contributed by atoms with Crippen LogP contribution < -0.4 is 0 Å². The molecule has 19 heavy (non-hydrogen) atoms. The number of hydrogen-bond donors (Lipinski definition) is 0. The second kappa shape index (κ2) is 5.24. The molecule has 2 rings (SSSR count). The maximum Gasteiger partial charge on any atom is 0.401 e. The highest BCUT2D eigenvalue weighted by Gasteiger charge is 2.43.